The lowest BCUT2D eigenvalue weighted by Crippen LogP contribution is -2.44. The number of benzene rings is 2. The Bertz CT molecular complexity index is 1390. The van der Waals surface area contributed by atoms with Crippen LogP contribution in [0.2, 0.25) is 0 Å². The molecule has 0 saturated carbocycles. The second-order valence-electron chi connectivity index (χ2n) is 11.8. The summed E-state index contributed by atoms with van der Waals surface area (Å²) >= 11 is 0. The van der Waals surface area contributed by atoms with Crippen LogP contribution < -0.4 is 11.1 Å². The molecular weight excluding hydrogens is 591 g/mol. The number of pyridine rings is 1. The first-order valence-electron chi connectivity index (χ1n) is 15.9. The van der Waals surface area contributed by atoms with Gasteiger partial charge in [-0.3, -0.25) is 19.5 Å². The molecule has 0 radical (unpaired) electrons. The van der Waals surface area contributed by atoms with Gasteiger partial charge in [0.25, 0.3) is 5.91 Å². The Kier molecular flexibility index (Phi) is 15.9. The molecule has 3 N–H and O–H groups in total. The van der Waals surface area contributed by atoms with E-state index in [0.717, 1.165) is 62.1 Å². The zero-order valence-corrected chi connectivity index (χ0v) is 28.1. The first kappa shape index (κ1) is 38.4. The molecule has 252 valence electrons. The summed E-state index contributed by atoms with van der Waals surface area (Å²) in [6.45, 7) is 12.4. The molecule has 2 aromatic carbocycles. The van der Waals surface area contributed by atoms with Crippen LogP contribution in [-0.2, 0) is 25.6 Å². The monoisotopic (exact) mass is 641 g/mol. The Morgan fingerprint density at radius 2 is 1.65 bits per heavy atom. The molecule has 1 fully saturated rings. The van der Waals surface area contributed by atoms with Crippen molar-refractivity contribution in [1.82, 2.24) is 20.1 Å². The van der Waals surface area contributed by atoms with Crippen molar-refractivity contribution in [2.45, 2.75) is 66.1 Å². The van der Waals surface area contributed by atoms with Crippen LogP contribution in [0.1, 0.15) is 82.1 Å². The molecule has 1 aromatic heterocycles. The third-order valence-electron chi connectivity index (χ3n) is 8.24. The third-order valence-corrected chi connectivity index (χ3v) is 8.24. The zero-order chi connectivity index (χ0) is 34.3. The highest BCUT2D eigenvalue weighted by Crippen LogP contribution is 2.32. The number of nitrogens with zero attached hydrogens (tertiary/aromatic N) is 3. The van der Waals surface area contributed by atoms with Gasteiger partial charge in [-0.15, -0.1) is 0 Å². The van der Waals surface area contributed by atoms with Crippen molar-refractivity contribution in [1.29, 1.82) is 0 Å². The number of carbonyl (C=O) groups is 2. The molecule has 3 aromatic rings. The highest BCUT2D eigenvalue weighted by atomic mass is 19.4. The van der Waals surface area contributed by atoms with Gasteiger partial charge in [0.15, 0.2) is 0 Å². The molecule has 0 aliphatic carbocycles. The standard InChI is InChI=1S/C15H23NO.C13H17F3N2.C8H10N2O/c1-5-11(2)6-7-13-8-9-14(10-12(13)3)15(17)16-4;1-17-6-8-18(9-7-17)10-11-4-2-3-5-12(11)13(14,15)16;1-2-6-3-7(8(9)11)5-10-4-6/h8-11H,5-7H2,1-4H3,(H,16,17);2-5H,6-10H2,1H3;3-5H,2H2,1H3,(H2,9,11). The number of aryl methyl sites for hydroxylation is 3. The lowest BCUT2D eigenvalue weighted by molar-refractivity contribution is -0.138. The normalized spacial score (nSPS) is 14.3. The van der Waals surface area contributed by atoms with Gasteiger partial charge in [-0.25, -0.2) is 0 Å². The van der Waals surface area contributed by atoms with Crippen molar-refractivity contribution in [3.05, 3.63) is 99.9 Å². The number of nitrogens with two attached hydrogens (primary N) is 1. The van der Waals surface area contributed by atoms with Crippen LogP contribution in [0.25, 0.3) is 0 Å². The number of hydrogen-bond donors (Lipinski definition) is 2. The second-order valence-corrected chi connectivity index (χ2v) is 11.8. The van der Waals surface area contributed by atoms with E-state index in [1.54, 1.807) is 31.4 Å². The van der Waals surface area contributed by atoms with Crippen LogP contribution in [0.5, 0.6) is 0 Å². The summed E-state index contributed by atoms with van der Waals surface area (Å²) in [5.41, 5.74) is 9.75. The zero-order valence-electron chi connectivity index (χ0n) is 28.1. The lowest BCUT2D eigenvalue weighted by Gasteiger charge is -2.32. The number of piperazine rings is 1. The smallest absolute Gasteiger partial charge is 0.366 e. The number of alkyl halides is 3. The van der Waals surface area contributed by atoms with Gasteiger partial charge in [0.05, 0.1) is 11.1 Å². The average Bonchev–Trinajstić information content (AvgIpc) is 3.05. The molecule has 2 amide bonds. The van der Waals surface area contributed by atoms with Gasteiger partial charge in [0.2, 0.25) is 5.91 Å². The number of likely N-dealkylation sites (N-methyl/N-ethyl adjacent to an activating group) is 1. The Morgan fingerprint density at radius 1 is 0.978 bits per heavy atom. The van der Waals surface area contributed by atoms with Crippen LogP contribution in [0, 0.1) is 12.8 Å². The molecule has 1 unspecified atom stereocenters. The minimum Gasteiger partial charge on any atom is -0.366 e. The fraction of sp³-hybridized carbons (Fsp3) is 0.472. The number of rotatable bonds is 9. The maximum atomic E-state index is 12.8. The van der Waals surface area contributed by atoms with Gasteiger partial charge in [0.1, 0.15) is 0 Å². The number of primary amides is 1. The van der Waals surface area contributed by atoms with Gasteiger partial charge in [-0.1, -0.05) is 51.5 Å². The molecule has 0 bridgehead atoms. The van der Waals surface area contributed by atoms with Crippen molar-refractivity contribution in [2.75, 3.05) is 40.3 Å². The van der Waals surface area contributed by atoms with Crippen molar-refractivity contribution in [3.63, 3.8) is 0 Å². The quantitative estimate of drug-likeness (QED) is 0.277. The molecule has 10 heteroatoms. The average molecular weight is 642 g/mol. The highest BCUT2D eigenvalue weighted by Gasteiger charge is 2.33. The molecule has 0 spiro atoms. The Morgan fingerprint density at radius 3 is 2.22 bits per heavy atom. The van der Waals surface area contributed by atoms with Crippen LogP contribution >= 0.6 is 0 Å². The molecule has 46 heavy (non-hydrogen) atoms. The van der Waals surface area contributed by atoms with Crippen molar-refractivity contribution in [2.24, 2.45) is 11.7 Å². The first-order valence-corrected chi connectivity index (χ1v) is 15.9. The van der Waals surface area contributed by atoms with Crippen molar-refractivity contribution < 1.29 is 22.8 Å². The summed E-state index contributed by atoms with van der Waals surface area (Å²) in [5.74, 6) is 0.336. The fourth-order valence-corrected chi connectivity index (χ4v) is 4.87. The van der Waals surface area contributed by atoms with Gasteiger partial charge in [-0.05, 0) is 85.7 Å². The minimum absolute atomic E-state index is 0.0124. The van der Waals surface area contributed by atoms with E-state index in [1.807, 2.05) is 26.1 Å². The van der Waals surface area contributed by atoms with E-state index >= 15 is 0 Å². The Balaban J connectivity index is 0.000000247. The molecular formula is C36H50F3N5O2. The molecule has 1 saturated heterocycles. The summed E-state index contributed by atoms with van der Waals surface area (Å²) in [4.78, 5) is 30.3. The van der Waals surface area contributed by atoms with Gasteiger partial charge in [-0.2, -0.15) is 13.2 Å². The molecule has 1 aliphatic heterocycles. The van der Waals surface area contributed by atoms with E-state index in [4.69, 9.17) is 5.73 Å². The number of amides is 2. The van der Waals surface area contributed by atoms with E-state index < -0.39 is 17.6 Å². The molecule has 4 rings (SSSR count). The number of carbonyl (C=O) groups excluding carboxylic acids is 2. The molecule has 7 nitrogen and oxygen atoms in total. The summed E-state index contributed by atoms with van der Waals surface area (Å²) < 4.78 is 38.5. The number of aromatic nitrogens is 1. The maximum Gasteiger partial charge on any atom is 0.416 e. The summed E-state index contributed by atoms with van der Waals surface area (Å²) in [6, 6.07) is 13.6. The van der Waals surface area contributed by atoms with Gasteiger partial charge in [0, 0.05) is 57.7 Å². The van der Waals surface area contributed by atoms with Crippen LogP contribution in [-0.4, -0.2) is 66.9 Å². The SMILES string of the molecule is CCC(C)CCc1ccc(C(=O)NC)cc1C.CCc1cncc(C(N)=O)c1.CN1CCN(Cc2ccccc2C(F)(F)F)CC1. The van der Waals surface area contributed by atoms with Gasteiger partial charge >= 0.3 is 6.18 Å². The summed E-state index contributed by atoms with van der Waals surface area (Å²) in [6.07, 6.45) is 3.37. The van der Waals surface area contributed by atoms with E-state index in [1.165, 1.54) is 36.2 Å². The first-order chi connectivity index (χ1) is 21.8. The van der Waals surface area contributed by atoms with E-state index in [-0.39, 0.29) is 5.91 Å². The van der Waals surface area contributed by atoms with E-state index in [2.05, 4.69) is 46.9 Å². The van der Waals surface area contributed by atoms with Gasteiger partial charge < -0.3 is 16.0 Å². The second kappa shape index (κ2) is 19.0. The largest absolute Gasteiger partial charge is 0.416 e. The maximum absolute atomic E-state index is 12.8. The molecule has 1 atom stereocenters. The predicted molar refractivity (Wildman–Crippen MR) is 179 cm³/mol. The van der Waals surface area contributed by atoms with Crippen molar-refractivity contribution in [3.8, 4) is 0 Å². The summed E-state index contributed by atoms with van der Waals surface area (Å²) in [7, 11) is 3.69. The molecule has 1 aliphatic rings. The van der Waals surface area contributed by atoms with E-state index in [0.29, 0.717) is 17.7 Å². The topological polar surface area (TPSA) is 91.6 Å². The number of halogens is 3. The minimum atomic E-state index is -4.26. The Labute approximate surface area is 272 Å². The van der Waals surface area contributed by atoms with Crippen LogP contribution in [0.3, 0.4) is 0 Å². The number of nitrogens with one attached hydrogen (secondary N) is 1. The lowest BCUT2D eigenvalue weighted by atomic mass is 9.95. The van der Waals surface area contributed by atoms with E-state index in [9.17, 15) is 22.8 Å². The van der Waals surface area contributed by atoms with Crippen molar-refractivity contribution >= 4 is 11.8 Å². The van der Waals surface area contributed by atoms with Crippen LogP contribution in [0.15, 0.2) is 60.9 Å². The number of hydrogen-bond acceptors (Lipinski definition) is 5. The highest BCUT2D eigenvalue weighted by molar-refractivity contribution is 5.94. The predicted octanol–water partition coefficient (Wildman–Crippen LogP) is 6.53. The third kappa shape index (κ3) is 12.9. The molecule has 2 heterocycles. The fourth-order valence-electron chi connectivity index (χ4n) is 4.87. The Hall–Kier alpha value is -3.76. The van der Waals surface area contributed by atoms with Crippen LogP contribution in [0.4, 0.5) is 13.2 Å². The summed E-state index contributed by atoms with van der Waals surface area (Å²) in [5, 5.41) is 2.65.